The third-order valence-electron chi connectivity index (χ3n) is 5.60. The number of imidazole rings is 1. The van der Waals surface area contributed by atoms with Crippen LogP contribution < -0.4 is 0 Å². The van der Waals surface area contributed by atoms with Crippen molar-refractivity contribution in [3.05, 3.63) is 53.8 Å². The van der Waals surface area contributed by atoms with Crippen LogP contribution in [0.4, 0.5) is 8.78 Å². The molecule has 140 valence electrons. The summed E-state index contributed by atoms with van der Waals surface area (Å²) < 4.78 is 32.3. The minimum absolute atomic E-state index is 0.116. The third kappa shape index (κ3) is 2.81. The van der Waals surface area contributed by atoms with E-state index in [1.54, 1.807) is 11.2 Å². The molecule has 1 aliphatic heterocycles. The number of hydrogen-bond acceptors (Lipinski definition) is 3. The number of fused-ring (bicyclic) bond motifs is 2. The van der Waals surface area contributed by atoms with Crippen molar-refractivity contribution in [2.75, 3.05) is 6.54 Å². The van der Waals surface area contributed by atoms with Gasteiger partial charge >= 0.3 is 0 Å². The molecule has 1 aromatic carbocycles. The van der Waals surface area contributed by atoms with Gasteiger partial charge in [0, 0.05) is 43.3 Å². The number of aromatic amines is 1. The maximum absolute atomic E-state index is 13.1. The molecule has 3 heterocycles. The average molecular weight is 371 g/mol. The normalized spacial score (nSPS) is 21.9. The van der Waals surface area contributed by atoms with E-state index in [1.807, 2.05) is 30.3 Å². The van der Waals surface area contributed by atoms with Gasteiger partial charge in [-0.1, -0.05) is 18.2 Å². The molecule has 1 N–H and O–H groups in total. The Hall–Kier alpha value is -2.70. The minimum Gasteiger partial charge on any atom is -0.458 e. The van der Waals surface area contributed by atoms with E-state index < -0.39 is 12.0 Å². The van der Waals surface area contributed by atoms with Crippen molar-refractivity contribution in [2.24, 2.45) is 5.92 Å². The highest BCUT2D eigenvalue weighted by atomic mass is 19.3. The maximum atomic E-state index is 13.1. The average Bonchev–Trinajstić information content (AvgIpc) is 3.25. The number of alkyl halides is 2. The highest BCUT2D eigenvalue weighted by Gasteiger charge is 2.47. The van der Waals surface area contributed by atoms with Crippen LogP contribution in [-0.4, -0.2) is 33.2 Å². The molecule has 1 amide bonds. The number of nitrogens with one attached hydrogen (secondary N) is 1. The second kappa shape index (κ2) is 5.90. The predicted octanol–water partition coefficient (Wildman–Crippen LogP) is 4.07. The van der Waals surface area contributed by atoms with E-state index in [-0.39, 0.29) is 31.1 Å². The zero-order chi connectivity index (χ0) is 18.6. The van der Waals surface area contributed by atoms with Crippen molar-refractivity contribution in [1.82, 2.24) is 14.9 Å². The third-order valence-corrected chi connectivity index (χ3v) is 5.60. The van der Waals surface area contributed by atoms with Crippen LogP contribution in [0.25, 0.3) is 11.0 Å². The summed E-state index contributed by atoms with van der Waals surface area (Å²) in [5.74, 6) is -2.32. The molecule has 0 saturated heterocycles. The number of nitrogens with zero attached hydrogens (tertiary/aromatic N) is 2. The molecule has 1 atom stereocenters. The standard InChI is InChI=1S/C20H19F2N3O2/c21-20(22)9-12(10-20)7-17(26)25-6-5-14-18(24-11-23-14)19(25)16-8-13-3-1-2-4-15(13)27-16/h1-4,8,11-12,19H,5-7,9-10H2,(H,23,24)/t19-/m1/s1. The number of rotatable bonds is 3. The van der Waals surface area contributed by atoms with Gasteiger partial charge in [-0.3, -0.25) is 4.79 Å². The van der Waals surface area contributed by atoms with Gasteiger partial charge in [-0.25, -0.2) is 13.8 Å². The van der Waals surface area contributed by atoms with Crippen LogP contribution in [0.3, 0.4) is 0 Å². The van der Waals surface area contributed by atoms with E-state index in [4.69, 9.17) is 4.42 Å². The Labute approximate surface area is 154 Å². The Balaban J connectivity index is 1.47. The Bertz CT molecular complexity index is 969. The molecule has 5 nitrogen and oxygen atoms in total. The Morgan fingerprint density at radius 1 is 1.33 bits per heavy atom. The number of H-pyrrole nitrogens is 1. The molecule has 7 heteroatoms. The fourth-order valence-electron chi connectivity index (χ4n) is 4.26. The van der Waals surface area contributed by atoms with Crippen LogP contribution in [0.5, 0.6) is 0 Å². The zero-order valence-electron chi connectivity index (χ0n) is 14.6. The lowest BCUT2D eigenvalue weighted by atomic mass is 9.78. The topological polar surface area (TPSA) is 62.1 Å². The van der Waals surface area contributed by atoms with Crippen LogP contribution in [-0.2, 0) is 11.2 Å². The Morgan fingerprint density at radius 3 is 2.93 bits per heavy atom. The van der Waals surface area contributed by atoms with E-state index in [1.165, 1.54) is 0 Å². The van der Waals surface area contributed by atoms with Crippen molar-refractivity contribution >= 4 is 16.9 Å². The van der Waals surface area contributed by atoms with Gasteiger partial charge in [0.15, 0.2) is 0 Å². The first kappa shape index (κ1) is 16.5. The van der Waals surface area contributed by atoms with Crippen molar-refractivity contribution in [1.29, 1.82) is 0 Å². The summed E-state index contributed by atoms with van der Waals surface area (Å²) >= 11 is 0. The number of halogens is 2. The second-order valence-electron chi connectivity index (χ2n) is 7.53. The summed E-state index contributed by atoms with van der Waals surface area (Å²) in [6.07, 6.45) is 2.04. The molecular formula is C20H19F2N3O2. The summed E-state index contributed by atoms with van der Waals surface area (Å²) in [5, 5.41) is 0.959. The number of benzene rings is 1. The molecule has 0 spiro atoms. The van der Waals surface area contributed by atoms with E-state index in [2.05, 4.69) is 9.97 Å². The lowest BCUT2D eigenvalue weighted by Crippen LogP contribution is -2.44. The first-order valence-electron chi connectivity index (χ1n) is 9.18. The molecule has 1 aliphatic carbocycles. The van der Waals surface area contributed by atoms with E-state index in [0.29, 0.717) is 18.7 Å². The lowest BCUT2D eigenvalue weighted by molar-refractivity contribution is -0.144. The number of furan rings is 1. The van der Waals surface area contributed by atoms with Crippen molar-refractivity contribution in [3.8, 4) is 0 Å². The highest BCUT2D eigenvalue weighted by Crippen LogP contribution is 2.45. The van der Waals surface area contributed by atoms with Gasteiger partial charge in [-0.2, -0.15) is 0 Å². The van der Waals surface area contributed by atoms with Crippen LogP contribution in [0.2, 0.25) is 0 Å². The van der Waals surface area contributed by atoms with Crippen molar-refractivity contribution < 1.29 is 18.0 Å². The molecule has 0 unspecified atom stereocenters. The Kier molecular flexibility index (Phi) is 3.60. The zero-order valence-corrected chi connectivity index (χ0v) is 14.6. The van der Waals surface area contributed by atoms with Gasteiger partial charge in [0.1, 0.15) is 17.4 Å². The first-order valence-corrected chi connectivity index (χ1v) is 9.18. The van der Waals surface area contributed by atoms with Gasteiger partial charge in [0.05, 0.1) is 12.0 Å². The fourth-order valence-corrected chi connectivity index (χ4v) is 4.26. The number of amides is 1. The van der Waals surface area contributed by atoms with E-state index in [9.17, 15) is 13.6 Å². The lowest BCUT2D eigenvalue weighted by Gasteiger charge is -2.38. The number of aromatic nitrogens is 2. The molecule has 2 aliphatic rings. The molecular weight excluding hydrogens is 352 g/mol. The SMILES string of the molecule is O=C(CC1CC(F)(F)C1)N1CCc2[nH]cnc2[C@H]1c1cc2ccccc2o1. The summed E-state index contributed by atoms with van der Waals surface area (Å²) in [7, 11) is 0. The number of carbonyl (C=O) groups is 1. The summed E-state index contributed by atoms with van der Waals surface area (Å²) in [6, 6.07) is 9.18. The molecule has 27 heavy (non-hydrogen) atoms. The highest BCUT2D eigenvalue weighted by molar-refractivity contribution is 5.80. The van der Waals surface area contributed by atoms with Crippen LogP contribution in [0.1, 0.15) is 42.5 Å². The molecule has 3 aromatic rings. The van der Waals surface area contributed by atoms with Gasteiger partial charge in [0.25, 0.3) is 0 Å². The quantitative estimate of drug-likeness (QED) is 0.755. The maximum Gasteiger partial charge on any atom is 0.248 e. The van der Waals surface area contributed by atoms with Crippen LogP contribution in [0, 0.1) is 5.92 Å². The molecule has 5 rings (SSSR count). The number of hydrogen-bond donors (Lipinski definition) is 1. The Morgan fingerprint density at radius 2 is 2.15 bits per heavy atom. The second-order valence-corrected chi connectivity index (χ2v) is 7.53. The molecule has 1 saturated carbocycles. The number of carbonyl (C=O) groups excluding carboxylic acids is 1. The monoisotopic (exact) mass is 371 g/mol. The molecule has 0 radical (unpaired) electrons. The van der Waals surface area contributed by atoms with Gasteiger partial charge in [-0.05, 0) is 18.1 Å². The van der Waals surface area contributed by atoms with Gasteiger partial charge < -0.3 is 14.3 Å². The predicted molar refractivity (Wildman–Crippen MR) is 94.3 cm³/mol. The van der Waals surface area contributed by atoms with Crippen LogP contribution >= 0.6 is 0 Å². The summed E-state index contributed by atoms with van der Waals surface area (Å²) in [4.78, 5) is 22.2. The number of para-hydroxylation sites is 1. The fraction of sp³-hybridized carbons (Fsp3) is 0.400. The first-order chi connectivity index (χ1) is 13.0. The summed E-state index contributed by atoms with van der Waals surface area (Å²) in [6.45, 7) is 0.513. The smallest absolute Gasteiger partial charge is 0.248 e. The van der Waals surface area contributed by atoms with E-state index >= 15 is 0 Å². The van der Waals surface area contributed by atoms with Crippen molar-refractivity contribution in [2.45, 2.75) is 37.6 Å². The molecule has 2 aromatic heterocycles. The van der Waals surface area contributed by atoms with E-state index in [0.717, 1.165) is 22.4 Å². The minimum atomic E-state index is -2.61. The molecule has 0 bridgehead atoms. The van der Waals surface area contributed by atoms with Crippen molar-refractivity contribution in [3.63, 3.8) is 0 Å². The van der Waals surface area contributed by atoms with Gasteiger partial charge in [0.2, 0.25) is 11.8 Å². The summed E-state index contributed by atoms with van der Waals surface area (Å²) in [5.41, 5.74) is 2.51. The largest absolute Gasteiger partial charge is 0.458 e. The van der Waals surface area contributed by atoms with Gasteiger partial charge in [-0.15, -0.1) is 0 Å². The van der Waals surface area contributed by atoms with Crippen LogP contribution in [0.15, 0.2) is 41.1 Å². The molecule has 1 fully saturated rings.